The van der Waals surface area contributed by atoms with Gasteiger partial charge in [-0.3, -0.25) is 4.98 Å². The minimum atomic E-state index is -0.00212. The Kier molecular flexibility index (Phi) is 7.73. The zero-order valence-electron chi connectivity index (χ0n) is 21.7. The molecule has 0 amide bonds. The van der Waals surface area contributed by atoms with Gasteiger partial charge in [0.1, 0.15) is 29.3 Å². The molecule has 4 aromatic rings. The van der Waals surface area contributed by atoms with Crippen molar-refractivity contribution in [3.05, 3.63) is 53.4 Å². The van der Waals surface area contributed by atoms with E-state index in [2.05, 4.69) is 21.3 Å². The van der Waals surface area contributed by atoms with E-state index in [1.54, 1.807) is 18.5 Å². The third kappa shape index (κ3) is 5.76. The fourth-order valence-electron chi connectivity index (χ4n) is 5.39. The van der Waals surface area contributed by atoms with Crippen molar-refractivity contribution in [3.8, 4) is 17.6 Å². The number of fused-ring (bicyclic) bond motifs is 2. The summed E-state index contributed by atoms with van der Waals surface area (Å²) in [6, 6.07) is 11.6. The van der Waals surface area contributed by atoms with Crippen LogP contribution >= 0.6 is 11.6 Å². The number of hydrogen-bond acceptors (Lipinski definition) is 8. The fourth-order valence-corrected chi connectivity index (χ4v) is 5.60. The standard InChI is InChI=1S/C30H31ClN4O4/c31-21-14-25(24-6-13-38-27(24)15-21)34-30-20(18-32)19-33-26-16-23(37-10-3-9-35-7-1-2-8-35)17-28(29(26)30)39-22-4-11-36-12-5-22/h6,13-17,19,22H,1-5,7-12H2,(H,33,34). The predicted octanol–water partition coefficient (Wildman–Crippen LogP) is 6.67. The summed E-state index contributed by atoms with van der Waals surface area (Å²) in [5.74, 6) is 1.33. The van der Waals surface area contributed by atoms with E-state index in [9.17, 15) is 5.26 Å². The maximum atomic E-state index is 10.0. The summed E-state index contributed by atoms with van der Waals surface area (Å²) < 4.78 is 23.9. The summed E-state index contributed by atoms with van der Waals surface area (Å²) in [4.78, 5) is 7.12. The molecule has 0 aliphatic carbocycles. The highest BCUT2D eigenvalue weighted by molar-refractivity contribution is 6.31. The Morgan fingerprint density at radius 2 is 2.00 bits per heavy atom. The highest BCUT2D eigenvalue weighted by atomic mass is 35.5. The third-order valence-electron chi connectivity index (χ3n) is 7.37. The van der Waals surface area contributed by atoms with Crippen LogP contribution in [0, 0.1) is 11.3 Å². The number of nitriles is 1. The van der Waals surface area contributed by atoms with Gasteiger partial charge in [-0.15, -0.1) is 0 Å². The first-order valence-electron chi connectivity index (χ1n) is 13.6. The number of aromatic nitrogens is 1. The Bertz CT molecular complexity index is 1500. The van der Waals surface area contributed by atoms with Crippen LogP contribution in [0.2, 0.25) is 5.02 Å². The number of likely N-dealkylation sites (tertiary alicyclic amines) is 1. The Morgan fingerprint density at radius 1 is 1.15 bits per heavy atom. The molecule has 2 aromatic heterocycles. The van der Waals surface area contributed by atoms with E-state index in [0.29, 0.717) is 58.7 Å². The summed E-state index contributed by atoms with van der Waals surface area (Å²) in [6.45, 7) is 5.32. The molecule has 8 nitrogen and oxygen atoms in total. The molecule has 2 saturated heterocycles. The minimum absolute atomic E-state index is 0.00212. The number of halogens is 1. The van der Waals surface area contributed by atoms with Gasteiger partial charge in [0.05, 0.1) is 53.9 Å². The van der Waals surface area contributed by atoms with Gasteiger partial charge in [0, 0.05) is 54.2 Å². The van der Waals surface area contributed by atoms with Gasteiger partial charge in [-0.1, -0.05) is 11.6 Å². The van der Waals surface area contributed by atoms with Crippen molar-refractivity contribution in [1.82, 2.24) is 9.88 Å². The molecular weight excluding hydrogens is 516 g/mol. The van der Waals surface area contributed by atoms with Crippen molar-refractivity contribution in [1.29, 1.82) is 5.26 Å². The first-order chi connectivity index (χ1) is 19.2. The van der Waals surface area contributed by atoms with E-state index in [1.807, 2.05) is 24.3 Å². The van der Waals surface area contributed by atoms with Crippen LogP contribution in [0.1, 0.15) is 37.7 Å². The topological polar surface area (TPSA) is 92.8 Å². The lowest BCUT2D eigenvalue weighted by Gasteiger charge is -2.25. The second-order valence-corrected chi connectivity index (χ2v) is 10.5. The number of ether oxygens (including phenoxy) is 3. The quantitative estimate of drug-likeness (QED) is 0.233. The maximum Gasteiger partial charge on any atom is 0.137 e. The van der Waals surface area contributed by atoms with Crippen LogP contribution in [0.5, 0.6) is 11.5 Å². The van der Waals surface area contributed by atoms with Gasteiger partial charge >= 0.3 is 0 Å². The highest BCUT2D eigenvalue weighted by Gasteiger charge is 2.22. The van der Waals surface area contributed by atoms with Gasteiger partial charge in [0.15, 0.2) is 0 Å². The van der Waals surface area contributed by atoms with Gasteiger partial charge in [-0.05, 0) is 44.5 Å². The average Bonchev–Trinajstić information content (AvgIpc) is 3.64. The smallest absolute Gasteiger partial charge is 0.137 e. The van der Waals surface area contributed by atoms with Crippen LogP contribution < -0.4 is 14.8 Å². The summed E-state index contributed by atoms with van der Waals surface area (Å²) in [5, 5.41) is 15.6. The highest BCUT2D eigenvalue weighted by Crippen LogP contribution is 2.41. The van der Waals surface area contributed by atoms with Crippen LogP contribution in [0.3, 0.4) is 0 Å². The van der Waals surface area contributed by atoms with Crippen molar-refractivity contribution in [3.63, 3.8) is 0 Å². The van der Waals surface area contributed by atoms with E-state index in [4.69, 9.17) is 30.2 Å². The van der Waals surface area contributed by atoms with Crippen LogP contribution in [-0.2, 0) is 4.74 Å². The molecular formula is C30H31ClN4O4. The van der Waals surface area contributed by atoms with E-state index < -0.39 is 0 Å². The Labute approximate surface area is 232 Å². The first kappa shape index (κ1) is 25.8. The lowest BCUT2D eigenvalue weighted by molar-refractivity contribution is 0.0261. The number of nitrogens with zero attached hydrogens (tertiary/aromatic N) is 3. The number of benzene rings is 2. The molecule has 0 unspecified atom stereocenters. The lowest BCUT2D eigenvalue weighted by Crippen LogP contribution is -2.26. The van der Waals surface area contributed by atoms with E-state index in [-0.39, 0.29) is 6.10 Å². The summed E-state index contributed by atoms with van der Waals surface area (Å²) in [5.41, 5.74) is 3.07. The Hall–Kier alpha value is -3.51. The molecule has 9 heteroatoms. The second-order valence-electron chi connectivity index (χ2n) is 10.1. The average molecular weight is 547 g/mol. The maximum absolute atomic E-state index is 10.0. The molecule has 0 radical (unpaired) electrons. The van der Waals surface area contributed by atoms with E-state index >= 15 is 0 Å². The molecule has 202 valence electrons. The zero-order valence-corrected chi connectivity index (χ0v) is 22.5. The van der Waals surface area contributed by atoms with Crippen molar-refractivity contribution in [2.24, 2.45) is 0 Å². The van der Waals surface area contributed by atoms with Crippen LogP contribution in [0.25, 0.3) is 21.9 Å². The molecule has 0 spiro atoms. The van der Waals surface area contributed by atoms with Gasteiger partial charge in [-0.25, -0.2) is 0 Å². The minimum Gasteiger partial charge on any atom is -0.493 e. The van der Waals surface area contributed by atoms with Crippen LogP contribution in [0.4, 0.5) is 11.4 Å². The molecule has 2 aliphatic heterocycles. The summed E-state index contributed by atoms with van der Waals surface area (Å²) >= 11 is 6.39. The summed E-state index contributed by atoms with van der Waals surface area (Å²) in [7, 11) is 0. The Balaban J connectivity index is 1.37. The normalized spacial score (nSPS) is 16.5. The number of pyridine rings is 1. The van der Waals surface area contributed by atoms with E-state index in [0.717, 1.165) is 42.3 Å². The zero-order chi connectivity index (χ0) is 26.6. The second kappa shape index (κ2) is 11.7. The van der Waals surface area contributed by atoms with Crippen molar-refractivity contribution >= 4 is 44.8 Å². The molecule has 6 rings (SSSR count). The molecule has 4 heterocycles. The number of rotatable bonds is 9. The van der Waals surface area contributed by atoms with Crippen molar-refractivity contribution in [2.45, 2.75) is 38.2 Å². The predicted molar refractivity (Wildman–Crippen MR) is 151 cm³/mol. The third-order valence-corrected chi connectivity index (χ3v) is 7.59. The van der Waals surface area contributed by atoms with Crippen molar-refractivity contribution < 1.29 is 18.6 Å². The molecule has 2 aliphatic rings. The number of nitrogens with one attached hydrogen (secondary N) is 1. The summed E-state index contributed by atoms with van der Waals surface area (Å²) in [6.07, 6.45) is 8.31. The SMILES string of the molecule is N#Cc1cnc2cc(OCCCN3CCCC3)cc(OC3CCOCC3)c2c1Nc1cc(Cl)cc2occc12. The van der Waals surface area contributed by atoms with Crippen molar-refractivity contribution in [2.75, 3.05) is 44.8 Å². The lowest BCUT2D eigenvalue weighted by atomic mass is 10.1. The van der Waals surface area contributed by atoms with Gasteiger partial charge < -0.3 is 28.8 Å². The van der Waals surface area contributed by atoms with Gasteiger partial charge in [0.2, 0.25) is 0 Å². The number of anilines is 2. The van der Waals surface area contributed by atoms with Crippen LogP contribution in [-0.4, -0.2) is 55.4 Å². The molecule has 1 N–H and O–H groups in total. The van der Waals surface area contributed by atoms with Crippen LogP contribution in [0.15, 0.2) is 47.2 Å². The first-order valence-corrected chi connectivity index (χ1v) is 14.0. The van der Waals surface area contributed by atoms with Gasteiger partial charge in [0.25, 0.3) is 0 Å². The molecule has 2 fully saturated rings. The fraction of sp³-hybridized carbons (Fsp3) is 0.400. The van der Waals surface area contributed by atoms with Gasteiger partial charge in [-0.2, -0.15) is 5.26 Å². The Morgan fingerprint density at radius 3 is 2.82 bits per heavy atom. The molecule has 0 atom stereocenters. The number of hydrogen-bond donors (Lipinski definition) is 1. The van der Waals surface area contributed by atoms with E-state index in [1.165, 1.54) is 25.9 Å². The number of furan rings is 1. The molecule has 0 bridgehead atoms. The molecule has 2 aromatic carbocycles. The largest absolute Gasteiger partial charge is 0.493 e. The molecule has 0 saturated carbocycles. The monoisotopic (exact) mass is 546 g/mol. The molecule has 39 heavy (non-hydrogen) atoms.